The number of hydrogen-bond donors (Lipinski definition) is 1. The van der Waals surface area contributed by atoms with Crippen LogP contribution in [-0.2, 0) is 14.8 Å². The lowest BCUT2D eigenvalue weighted by Crippen LogP contribution is -2.30. The van der Waals surface area contributed by atoms with Crippen molar-refractivity contribution in [2.45, 2.75) is 37.0 Å². The van der Waals surface area contributed by atoms with E-state index in [4.69, 9.17) is 11.6 Å². The molecule has 2 rings (SSSR count). The SMILES string of the molecule is COC(=O)c1cc(S(=O)(=O)NCC2CCCCC2)ccc1Cl. The van der Waals surface area contributed by atoms with Crippen molar-refractivity contribution in [2.24, 2.45) is 5.92 Å². The maximum atomic E-state index is 12.3. The van der Waals surface area contributed by atoms with Crippen molar-refractivity contribution >= 4 is 27.6 Å². The van der Waals surface area contributed by atoms with E-state index in [-0.39, 0.29) is 15.5 Å². The molecule has 122 valence electrons. The van der Waals surface area contributed by atoms with E-state index in [1.54, 1.807) is 0 Å². The molecule has 0 atom stereocenters. The van der Waals surface area contributed by atoms with Gasteiger partial charge < -0.3 is 4.74 Å². The lowest BCUT2D eigenvalue weighted by atomic mass is 9.90. The summed E-state index contributed by atoms with van der Waals surface area (Å²) in [7, 11) is -2.43. The average molecular weight is 346 g/mol. The zero-order valence-electron chi connectivity index (χ0n) is 12.5. The van der Waals surface area contributed by atoms with Crippen LogP contribution in [0.2, 0.25) is 5.02 Å². The molecule has 0 bridgehead atoms. The van der Waals surface area contributed by atoms with Gasteiger partial charge in [-0.1, -0.05) is 30.9 Å². The maximum Gasteiger partial charge on any atom is 0.339 e. The first-order valence-corrected chi connectivity index (χ1v) is 9.17. The van der Waals surface area contributed by atoms with Gasteiger partial charge in [0.25, 0.3) is 0 Å². The second kappa shape index (κ2) is 7.44. The summed E-state index contributed by atoms with van der Waals surface area (Å²) in [6.07, 6.45) is 5.63. The number of rotatable bonds is 5. The fourth-order valence-corrected chi connectivity index (χ4v) is 3.98. The van der Waals surface area contributed by atoms with E-state index in [1.807, 2.05) is 0 Å². The first-order valence-electron chi connectivity index (χ1n) is 7.31. The predicted molar refractivity (Wildman–Crippen MR) is 84.6 cm³/mol. The highest BCUT2D eigenvalue weighted by molar-refractivity contribution is 7.89. The molecule has 1 aromatic rings. The Kier molecular flexibility index (Phi) is 5.83. The zero-order valence-corrected chi connectivity index (χ0v) is 14.0. The van der Waals surface area contributed by atoms with Crippen LogP contribution < -0.4 is 4.72 Å². The van der Waals surface area contributed by atoms with Crippen molar-refractivity contribution in [3.63, 3.8) is 0 Å². The summed E-state index contributed by atoms with van der Waals surface area (Å²) in [5.74, 6) is -0.273. The van der Waals surface area contributed by atoms with Crippen molar-refractivity contribution < 1.29 is 17.9 Å². The molecular weight excluding hydrogens is 326 g/mol. The molecule has 0 radical (unpaired) electrons. The Labute approximate surface area is 136 Å². The summed E-state index contributed by atoms with van der Waals surface area (Å²) in [5, 5.41) is 0.165. The third-order valence-electron chi connectivity index (χ3n) is 3.94. The Balaban J connectivity index is 2.13. The van der Waals surface area contributed by atoms with Crippen LogP contribution in [0, 0.1) is 5.92 Å². The number of nitrogens with one attached hydrogen (secondary N) is 1. The summed E-state index contributed by atoms with van der Waals surface area (Å²) in [6, 6.07) is 4.03. The molecule has 1 aromatic carbocycles. The monoisotopic (exact) mass is 345 g/mol. The normalized spacial score (nSPS) is 16.5. The van der Waals surface area contributed by atoms with Gasteiger partial charge in [0, 0.05) is 6.54 Å². The van der Waals surface area contributed by atoms with Crippen LogP contribution in [0.4, 0.5) is 0 Å². The first kappa shape index (κ1) is 17.2. The molecule has 7 heteroatoms. The molecule has 0 heterocycles. The molecule has 1 aliphatic rings. The van der Waals surface area contributed by atoms with E-state index in [2.05, 4.69) is 9.46 Å². The van der Waals surface area contributed by atoms with Gasteiger partial charge in [0.05, 0.1) is 22.6 Å². The van der Waals surface area contributed by atoms with Gasteiger partial charge in [-0.05, 0) is 37.0 Å². The lowest BCUT2D eigenvalue weighted by Gasteiger charge is -2.21. The van der Waals surface area contributed by atoms with E-state index >= 15 is 0 Å². The summed E-state index contributed by atoms with van der Waals surface area (Å²) in [6.45, 7) is 0.429. The number of carbonyl (C=O) groups excluding carboxylic acids is 1. The van der Waals surface area contributed by atoms with Gasteiger partial charge in [0.15, 0.2) is 0 Å². The summed E-state index contributed by atoms with van der Waals surface area (Å²) in [5.41, 5.74) is 0.0460. The van der Waals surface area contributed by atoms with Crippen LogP contribution in [0.1, 0.15) is 42.5 Å². The van der Waals surface area contributed by atoms with Gasteiger partial charge in [-0.25, -0.2) is 17.9 Å². The molecule has 1 N–H and O–H groups in total. The minimum atomic E-state index is -3.66. The van der Waals surface area contributed by atoms with Crippen LogP contribution in [0.25, 0.3) is 0 Å². The number of hydrogen-bond acceptors (Lipinski definition) is 4. The van der Waals surface area contributed by atoms with Crippen LogP contribution in [0.3, 0.4) is 0 Å². The molecule has 22 heavy (non-hydrogen) atoms. The number of carbonyl (C=O) groups is 1. The molecule has 0 saturated heterocycles. The fraction of sp³-hybridized carbons (Fsp3) is 0.533. The van der Waals surface area contributed by atoms with Crippen molar-refractivity contribution in [1.82, 2.24) is 4.72 Å². The second-order valence-electron chi connectivity index (χ2n) is 5.49. The van der Waals surface area contributed by atoms with Gasteiger partial charge in [-0.15, -0.1) is 0 Å². The van der Waals surface area contributed by atoms with Gasteiger partial charge in [-0.3, -0.25) is 0 Å². The number of sulfonamides is 1. The predicted octanol–water partition coefficient (Wildman–Crippen LogP) is 2.99. The van der Waals surface area contributed by atoms with E-state index in [0.717, 1.165) is 25.7 Å². The molecule has 0 aliphatic heterocycles. The molecule has 0 aromatic heterocycles. The third kappa shape index (κ3) is 4.21. The number of halogens is 1. The Bertz CT molecular complexity index is 639. The molecule has 0 amide bonds. The lowest BCUT2D eigenvalue weighted by molar-refractivity contribution is 0.0600. The quantitative estimate of drug-likeness (QED) is 0.833. The highest BCUT2D eigenvalue weighted by Crippen LogP contribution is 2.24. The van der Waals surface area contributed by atoms with E-state index in [0.29, 0.717) is 12.5 Å². The topological polar surface area (TPSA) is 72.5 Å². The van der Waals surface area contributed by atoms with E-state index < -0.39 is 16.0 Å². The third-order valence-corrected chi connectivity index (χ3v) is 5.69. The Morgan fingerprint density at radius 2 is 2.00 bits per heavy atom. The molecular formula is C15H20ClNO4S. The molecule has 1 fully saturated rings. The number of methoxy groups -OCH3 is 1. The van der Waals surface area contributed by atoms with Crippen molar-refractivity contribution in [1.29, 1.82) is 0 Å². The molecule has 5 nitrogen and oxygen atoms in total. The first-order chi connectivity index (χ1) is 10.4. The summed E-state index contributed by atoms with van der Waals surface area (Å²) >= 11 is 5.90. The minimum Gasteiger partial charge on any atom is -0.465 e. The van der Waals surface area contributed by atoms with Crippen molar-refractivity contribution in [2.75, 3.05) is 13.7 Å². The van der Waals surface area contributed by atoms with E-state index in [1.165, 1.54) is 31.7 Å². The van der Waals surface area contributed by atoms with Crippen molar-refractivity contribution in [3.8, 4) is 0 Å². The van der Waals surface area contributed by atoms with Crippen LogP contribution >= 0.6 is 11.6 Å². The molecule has 1 aliphatic carbocycles. The molecule has 0 unspecified atom stereocenters. The zero-order chi connectivity index (χ0) is 16.2. The number of esters is 1. The summed E-state index contributed by atoms with van der Waals surface area (Å²) < 4.78 is 31.9. The van der Waals surface area contributed by atoms with Gasteiger partial charge >= 0.3 is 5.97 Å². The Morgan fingerprint density at radius 3 is 2.64 bits per heavy atom. The smallest absolute Gasteiger partial charge is 0.339 e. The Hall–Kier alpha value is -1.11. The van der Waals surface area contributed by atoms with Crippen LogP contribution in [-0.4, -0.2) is 28.0 Å². The molecule has 1 saturated carbocycles. The summed E-state index contributed by atoms with van der Waals surface area (Å²) in [4.78, 5) is 11.6. The van der Waals surface area contributed by atoms with E-state index in [9.17, 15) is 13.2 Å². The minimum absolute atomic E-state index is 0.0214. The van der Waals surface area contributed by atoms with Crippen LogP contribution in [0.15, 0.2) is 23.1 Å². The second-order valence-corrected chi connectivity index (χ2v) is 7.66. The standard InChI is InChI=1S/C15H20ClNO4S/c1-21-15(18)13-9-12(7-8-14(13)16)22(19,20)17-10-11-5-3-2-4-6-11/h7-9,11,17H,2-6,10H2,1H3. The van der Waals surface area contributed by atoms with Crippen molar-refractivity contribution in [3.05, 3.63) is 28.8 Å². The highest BCUT2D eigenvalue weighted by Gasteiger charge is 2.21. The van der Waals surface area contributed by atoms with Gasteiger partial charge in [0.1, 0.15) is 0 Å². The maximum absolute atomic E-state index is 12.3. The van der Waals surface area contributed by atoms with Gasteiger partial charge in [0.2, 0.25) is 10.0 Å². The number of ether oxygens (including phenoxy) is 1. The largest absolute Gasteiger partial charge is 0.465 e. The Morgan fingerprint density at radius 1 is 1.32 bits per heavy atom. The van der Waals surface area contributed by atoms with Crippen LogP contribution in [0.5, 0.6) is 0 Å². The fourth-order valence-electron chi connectivity index (χ4n) is 2.64. The average Bonchev–Trinajstić information content (AvgIpc) is 2.53. The number of benzene rings is 1. The highest BCUT2D eigenvalue weighted by atomic mass is 35.5. The van der Waals surface area contributed by atoms with Gasteiger partial charge in [-0.2, -0.15) is 0 Å². The molecule has 0 spiro atoms.